The van der Waals surface area contributed by atoms with Crippen molar-refractivity contribution in [2.45, 2.75) is 11.4 Å². The number of hydrogen-bond donors (Lipinski definition) is 2. The fourth-order valence-corrected chi connectivity index (χ4v) is 2.83. The number of benzene rings is 1. The van der Waals surface area contributed by atoms with Crippen molar-refractivity contribution in [3.05, 3.63) is 47.8 Å². The van der Waals surface area contributed by atoms with Gasteiger partial charge in [-0.25, -0.2) is 13.1 Å². The van der Waals surface area contributed by atoms with Gasteiger partial charge in [0, 0.05) is 30.9 Å². The minimum atomic E-state index is -3.61. The average molecular weight is 310 g/mol. The number of nitrogens with two attached hydrogens (primary N) is 1. The highest BCUT2D eigenvalue weighted by Crippen LogP contribution is 2.12. The molecule has 2 rings (SSSR count). The lowest BCUT2D eigenvalue weighted by atomic mass is 10.2. The van der Waals surface area contributed by atoms with Gasteiger partial charge in [0.25, 0.3) is 0 Å². The minimum absolute atomic E-state index is 0.131. The molecule has 0 spiro atoms. The molecule has 0 aliphatic rings. The van der Waals surface area contributed by atoms with Gasteiger partial charge in [0.2, 0.25) is 10.0 Å². The van der Waals surface area contributed by atoms with Crippen molar-refractivity contribution in [3.63, 3.8) is 0 Å². The molecular formula is C12H14N4O2S2. The lowest BCUT2D eigenvalue weighted by molar-refractivity contribution is 0.581. The van der Waals surface area contributed by atoms with Gasteiger partial charge in [-0.05, 0) is 12.1 Å². The third-order valence-electron chi connectivity index (χ3n) is 2.65. The molecule has 0 saturated heterocycles. The Labute approximate surface area is 122 Å². The van der Waals surface area contributed by atoms with Gasteiger partial charge in [0.05, 0.1) is 11.1 Å². The number of aryl methyl sites for hydroxylation is 1. The molecule has 0 atom stereocenters. The molecule has 1 aromatic heterocycles. The Morgan fingerprint density at radius 2 is 2.25 bits per heavy atom. The zero-order valence-corrected chi connectivity index (χ0v) is 12.4. The SMILES string of the molecule is Cn1cc(CNS(=O)(=O)c2cccc(C(N)=S)c2)cn1. The summed E-state index contributed by atoms with van der Waals surface area (Å²) in [7, 11) is -1.84. The van der Waals surface area contributed by atoms with Crippen LogP contribution in [0.4, 0.5) is 0 Å². The Kier molecular flexibility index (Phi) is 4.17. The van der Waals surface area contributed by atoms with E-state index in [1.807, 2.05) is 0 Å². The van der Waals surface area contributed by atoms with Gasteiger partial charge in [-0.15, -0.1) is 0 Å². The minimum Gasteiger partial charge on any atom is -0.389 e. The second kappa shape index (κ2) is 5.70. The standard InChI is InChI=1S/C12H14N4O2S2/c1-16-8-9(6-14-16)7-15-20(17,18)11-4-2-3-10(5-11)12(13)19/h2-6,8,15H,7H2,1H3,(H2,13,19). The number of rotatable bonds is 5. The topological polar surface area (TPSA) is 90.0 Å². The Morgan fingerprint density at radius 3 is 2.85 bits per heavy atom. The van der Waals surface area contributed by atoms with Gasteiger partial charge in [-0.1, -0.05) is 24.4 Å². The summed E-state index contributed by atoms with van der Waals surface area (Å²) in [6.45, 7) is 0.174. The molecule has 6 nitrogen and oxygen atoms in total. The first-order valence-corrected chi connectivity index (χ1v) is 7.65. The lowest BCUT2D eigenvalue weighted by Crippen LogP contribution is -2.23. The van der Waals surface area contributed by atoms with Gasteiger partial charge in [-0.2, -0.15) is 5.10 Å². The summed E-state index contributed by atoms with van der Waals surface area (Å²) in [5, 5.41) is 3.98. The number of nitrogens with zero attached hydrogens (tertiary/aromatic N) is 2. The largest absolute Gasteiger partial charge is 0.389 e. The second-order valence-corrected chi connectivity index (χ2v) is 6.45. The van der Waals surface area contributed by atoms with Crippen molar-refractivity contribution in [1.82, 2.24) is 14.5 Å². The fourth-order valence-electron chi connectivity index (χ4n) is 1.64. The molecule has 0 unspecified atom stereocenters. The highest BCUT2D eigenvalue weighted by Gasteiger charge is 2.14. The smallest absolute Gasteiger partial charge is 0.240 e. The molecular weight excluding hydrogens is 296 g/mol. The summed E-state index contributed by atoms with van der Waals surface area (Å²) in [5.74, 6) is 0. The van der Waals surface area contributed by atoms with E-state index in [1.165, 1.54) is 12.1 Å². The molecule has 1 aromatic carbocycles. The monoisotopic (exact) mass is 310 g/mol. The molecule has 0 saturated carbocycles. The van der Waals surface area contributed by atoms with E-state index in [0.29, 0.717) is 5.56 Å². The summed E-state index contributed by atoms with van der Waals surface area (Å²) in [6.07, 6.45) is 3.35. The van der Waals surface area contributed by atoms with Crippen LogP contribution in [0.1, 0.15) is 11.1 Å². The van der Waals surface area contributed by atoms with Gasteiger partial charge >= 0.3 is 0 Å². The first kappa shape index (κ1) is 14.6. The van der Waals surface area contributed by atoms with Crippen molar-refractivity contribution in [2.24, 2.45) is 12.8 Å². The van der Waals surface area contributed by atoms with Crippen LogP contribution in [0.3, 0.4) is 0 Å². The van der Waals surface area contributed by atoms with Crippen LogP contribution in [0.25, 0.3) is 0 Å². The maximum atomic E-state index is 12.2. The Balaban J connectivity index is 2.17. The highest BCUT2D eigenvalue weighted by molar-refractivity contribution is 7.89. The second-order valence-electron chi connectivity index (χ2n) is 4.24. The van der Waals surface area contributed by atoms with E-state index in [4.69, 9.17) is 18.0 Å². The molecule has 3 N–H and O–H groups in total. The van der Waals surface area contributed by atoms with Crippen molar-refractivity contribution in [1.29, 1.82) is 0 Å². The number of hydrogen-bond acceptors (Lipinski definition) is 4. The quantitative estimate of drug-likeness (QED) is 0.786. The Bertz CT molecular complexity index is 737. The van der Waals surface area contributed by atoms with Crippen LogP contribution in [0.5, 0.6) is 0 Å². The zero-order valence-electron chi connectivity index (χ0n) is 10.8. The molecule has 106 valence electrons. The molecule has 0 amide bonds. The molecule has 20 heavy (non-hydrogen) atoms. The van der Waals surface area contributed by atoms with E-state index in [0.717, 1.165) is 5.56 Å². The normalized spacial score (nSPS) is 11.4. The fraction of sp³-hybridized carbons (Fsp3) is 0.167. The summed E-state index contributed by atoms with van der Waals surface area (Å²) >= 11 is 4.84. The van der Waals surface area contributed by atoms with E-state index in [-0.39, 0.29) is 16.4 Å². The van der Waals surface area contributed by atoms with E-state index in [1.54, 1.807) is 36.3 Å². The number of sulfonamides is 1. The summed E-state index contributed by atoms with van der Waals surface area (Å²) in [5.41, 5.74) is 6.80. The van der Waals surface area contributed by atoms with Crippen molar-refractivity contribution < 1.29 is 8.42 Å². The predicted molar refractivity (Wildman–Crippen MR) is 79.6 cm³/mol. The van der Waals surface area contributed by atoms with Crippen LogP contribution < -0.4 is 10.5 Å². The number of thiocarbonyl (C=S) groups is 1. The molecule has 1 heterocycles. The third kappa shape index (κ3) is 3.41. The highest BCUT2D eigenvalue weighted by atomic mass is 32.2. The summed E-state index contributed by atoms with van der Waals surface area (Å²) < 4.78 is 28.4. The van der Waals surface area contributed by atoms with Crippen LogP contribution in [-0.2, 0) is 23.6 Å². The van der Waals surface area contributed by atoms with Gasteiger partial charge in [-0.3, -0.25) is 4.68 Å². The molecule has 0 aliphatic carbocycles. The van der Waals surface area contributed by atoms with Crippen LogP contribution >= 0.6 is 12.2 Å². The van der Waals surface area contributed by atoms with Crippen LogP contribution in [-0.4, -0.2) is 23.2 Å². The molecule has 8 heteroatoms. The molecule has 0 aliphatic heterocycles. The maximum absolute atomic E-state index is 12.2. The van der Waals surface area contributed by atoms with Gasteiger partial charge in [0.1, 0.15) is 4.99 Å². The number of aromatic nitrogens is 2. The van der Waals surface area contributed by atoms with Crippen molar-refractivity contribution >= 4 is 27.2 Å². The van der Waals surface area contributed by atoms with Crippen molar-refractivity contribution in [2.75, 3.05) is 0 Å². The van der Waals surface area contributed by atoms with E-state index in [9.17, 15) is 8.42 Å². The van der Waals surface area contributed by atoms with E-state index < -0.39 is 10.0 Å². The van der Waals surface area contributed by atoms with Crippen LogP contribution in [0.2, 0.25) is 0 Å². The third-order valence-corrected chi connectivity index (χ3v) is 4.29. The van der Waals surface area contributed by atoms with Gasteiger partial charge in [0.15, 0.2) is 0 Å². The predicted octanol–water partition coefficient (Wildman–Crippen LogP) is 0.533. The molecule has 2 aromatic rings. The summed E-state index contributed by atoms with van der Waals surface area (Å²) in [6, 6.07) is 6.22. The molecule has 0 radical (unpaired) electrons. The molecule has 0 fully saturated rings. The first-order valence-electron chi connectivity index (χ1n) is 5.75. The Hall–Kier alpha value is -1.77. The van der Waals surface area contributed by atoms with Crippen LogP contribution in [0.15, 0.2) is 41.6 Å². The van der Waals surface area contributed by atoms with Crippen molar-refractivity contribution in [3.8, 4) is 0 Å². The molecule has 0 bridgehead atoms. The average Bonchev–Trinajstić information content (AvgIpc) is 2.82. The summed E-state index contributed by atoms with van der Waals surface area (Å²) in [4.78, 5) is 0.293. The van der Waals surface area contributed by atoms with E-state index >= 15 is 0 Å². The van der Waals surface area contributed by atoms with E-state index in [2.05, 4.69) is 9.82 Å². The Morgan fingerprint density at radius 1 is 1.50 bits per heavy atom. The maximum Gasteiger partial charge on any atom is 0.240 e. The lowest BCUT2D eigenvalue weighted by Gasteiger charge is -2.07. The number of nitrogens with one attached hydrogen (secondary N) is 1. The first-order chi connectivity index (χ1) is 9.38. The van der Waals surface area contributed by atoms with Gasteiger partial charge < -0.3 is 5.73 Å². The zero-order chi connectivity index (χ0) is 14.8. The van der Waals surface area contributed by atoms with Crippen LogP contribution in [0, 0.1) is 0 Å².